The highest BCUT2D eigenvalue weighted by molar-refractivity contribution is 7.89. The van der Waals surface area contributed by atoms with Gasteiger partial charge in [0.25, 0.3) is 5.91 Å². The van der Waals surface area contributed by atoms with Crippen molar-refractivity contribution in [2.45, 2.75) is 4.90 Å². The number of sulfonamides is 1. The zero-order valence-electron chi connectivity index (χ0n) is 12.4. The second-order valence-corrected chi connectivity index (χ2v) is 6.25. The van der Waals surface area contributed by atoms with Crippen molar-refractivity contribution in [2.24, 2.45) is 0 Å². The maximum absolute atomic E-state index is 12.2. The number of ether oxygens (including phenoxy) is 1. The first-order valence-electron chi connectivity index (χ1n) is 6.46. The monoisotopic (exact) mass is 337 g/mol. The molecule has 0 saturated heterocycles. The lowest BCUT2D eigenvalue weighted by molar-refractivity contribution is 0.102. The third-order valence-electron chi connectivity index (χ3n) is 3.00. The molecule has 0 fully saturated rings. The van der Waals surface area contributed by atoms with Crippen LogP contribution in [0, 0.1) is 0 Å². The van der Waals surface area contributed by atoms with Gasteiger partial charge in [0.2, 0.25) is 10.0 Å². The van der Waals surface area contributed by atoms with Gasteiger partial charge in [0, 0.05) is 11.8 Å². The lowest BCUT2D eigenvalue weighted by Crippen LogP contribution is -2.20. The van der Waals surface area contributed by atoms with Crippen molar-refractivity contribution in [1.82, 2.24) is 9.71 Å². The van der Waals surface area contributed by atoms with Crippen molar-refractivity contribution < 1.29 is 23.1 Å². The molecule has 0 aliphatic rings. The Balaban J connectivity index is 2.39. The third kappa shape index (κ3) is 3.58. The molecule has 2 aromatic rings. The summed E-state index contributed by atoms with van der Waals surface area (Å²) in [6, 6.07) is 6.84. The second-order valence-electron chi connectivity index (χ2n) is 4.40. The lowest BCUT2D eigenvalue weighted by atomic mass is 10.2. The van der Waals surface area contributed by atoms with Crippen LogP contribution in [0.5, 0.6) is 11.5 Å². The lowest BCUT2D eigenvalue weighted by Gasteiger charge is -2.11. The predicted molar refractivity (Wildman–Crippen MR) is 83.1 cm³/mol. The minimum atomic E-state index is -3.80. The molecule has 8 nitrogen and oxygen atoms in total. The highest BCUT2D eigenvalue weighted by Gasteiger charge is 2.20. The Morgan fingerprint density at radius 3 is 2.65 bits per heavy atom. The number of hydrogen-bond donors (Lipinski definition) is 3. The fourth-order valence-corrected chi connectivity index (χ4v) is 2.73. The molecule has 1 aromatic heterocycles. The van der Waals surface area contributed by atoms with E-state index < -0.39 is 15.9 Å². The highest BCUT2D eigenvalue weighted by Crippen LogP contribution is 2.25. The molecule has 0 bridgehead atoms. The topological polar surface area (TPSA) is 118 Å². The Hall–Kier alpha value is -2.65. The molecular weight excluding hydrogens is 322 g/mol. The Kier molecular flexibility index (Phi) is 4.82. The molecule has 23 heavy (non-hydrogen) atoms. The average Bonchev–Trinajstić information content (AvgIpc) is 2.56. The number of hydrogen-bond acceptors (Lipinski definition) is 6. The summed E-state index contributed by atoms with van der Waals surface area (Å²) in [4.78, 5) is 15.9. The molecule has 0 saturated carbocycles. The fourth-order valence-electron chi connectivity index (χ4n) is 1.81. The van der Waals surface area contributed by atoms with E-state index in [9.17, 15) is 18.3 Å². The quantitative estimate of drug-likeness (QED) is 0.748. The molecule has 3 N–H and O–H groups in total. The summed E-state index contributed by atoms with van der Waals surface area (Å²) in [5.41, 5.74) is 0.0738. The van der Waals surface area contributed by atoms with E-state index >= 15 is 0 Å². The van der Waals surface area contributed by atoms with Crippen molar-refractivity contribution in [3.8, 4) is 11.5 Å². The van der Waals surface area contributed by atoms with Crippen LogP contribution in [0.2, 0.25) is 0 Å². The first-order valence-corrected chi connectivity index (χ1v) is 7.94. The van der Waals surface area contributed by atoms with E-state index in [1.54, 1.807) is 0 Å². The van der Waals surface area contributed by atoms with Crippen LogP contribution in [0.1, 0.15) is 10.4 Å². The van der Waals surface area contributed by atoms with E-state index in [0.29, 0.717) is 0 Å². The van der Waals surface area contributed by atoms with Gasteiger partial charge in [-0.1, -0.05) is 0 Å². The minimum absolute atomic E-state index is 0.0219. The number of nitrogens with one attached hydrogen (secondary N) is 2. The molecule has 0 unspecified atom stereocenters. The summed E-state index contributed by atoms with van der Waals surface area (Å²) in [6.07, 6.45) is 1.40. The number of carbonyl (C=O) groups is 1. The molecule has 1 amide bonds. The van der Waals surface area contributed by atoms with E-state index in [0.717, 1.165) is 0 Å². The molecule has 1 heterocycles. The van der Waals surface area contributed by atoms with Crippen LogP contribution in [0.4, 0.5) is 5.82 Å². The van der Waals surface area contributed by atoms with Gasteiger partial charge in [-0.2, -0.15) is 0 Å². The van der Waals surface area contributed by atoms with Gasteiger partial charge >= 0.3 is 0 Å². The number of nitrogens with zero attached hydrogens (tertiary/aromatic N) is 1. The van der Waals surface area contributed by atoms with Gasteiger partial charge in [0.05, 0.1) is 7.11 Å². The molecule has 1 aromatic carbocycles. The summed E-state index contributed by atoms with van der Waals surface area (Å²) in [6.45, 7) is 0. The Morgan fingerprint density at radius 2 is 2.04 bits per heavy atom. The maximum Gasteiger partial charge on any atom is 0.256 e. The normalized spacial score (nSPS) is 11.0. The van der Waals surface area contributed by atoms with Crippen LogP contribution >= 0.6 is 0 Å². The van der Waals surface area contributed by atoms with Crippen molar-refractivity contribution in [3.63, 3.8) is 0 Å². The molecule has 9 heteroatoms. The van der Waals surface area contributed by atoms with Crippen molar-refractivity contribution in [3.05, 3.63) is 42.1 Å². The van der Waals surface area contributed by atoms with Crippen LogP contribution in [0.3, 0.4) is 0 Å². The molecule has 0 aliphatic heterocycles. The van der Waals surface area contributed by atoms with Crippen LogP contribution in [-0.4, -0.2) is 38.6 Å². The average molecular weight is 337 g/mol. The third-order valence-corrected chi connectivity index (χ3v) is 4.44. The summed E-state index contributed by atoms with van der Waals surface area (Å²) in [5, 5.41) is 12.0. The number of amides is 1. The van der Waals surface area contributed by atoms with Crippen molar-refractivity contribution in [2.75, 3.05) is 19.5 Å². The number of aromatic nitrogens is 1. The molecular formula is C14H15N3O5S. The van der Waals surface area contributed by atoms with E-state index in [4.69, 9.17) is 4.74 Å². The fraction of sp³-hybridized carbons (Fsp3) is 0.143. The van der Waals surface area contributed by atoms with Crippen LogP contribution < -0.4 is 14.8 Å². The summed E-state index contributed by atoms with van der Waals surface area (Å²) >= 11 is 0. The maximum atomic E-state index is 12.2. The number of methoxy groups -OCH3 is 1. The smallest absolute Gasteiger partial charge is 0.256 e. The highest BCUT2D eigenvalue weighted by atomic mass is 32.2. The molecule has 0 radical (unpaired) electrons. The number of anilines is 1. The van der Waals surface area contributed by atoms with Crippen LogP contribution in [0.25, 0.3) is 0 Å². The Labute approximate surface area is 133 Å². The number of rotatable bonds is 5. The van der Waals surface area contributed by atoms with E-state index in [-0.39, 0.29) is 27.8 Å². The Morgan fingerprint density at radius 1 is 1.30 bits per heavy atom. The minimum Gasteiger partial charge on any atom is -0.504 e. The van der Waals surface area contributed by atoms with E-state index in [2.05, 4.69) is 15.0 Å². The van der Waals surface area contributed by atoms with Crippen molar-refractivity contribution >= 4 is 21.7 Å². The van der Waals surface area contributed by atoms with Crippen LogP contribution in [0.15, 0.2) is 41.4 Å². The summed E-state index contributed by atoms with van der Waals surface area (Å²) in [5.74, 6) is -0.727. The van der Waals surface area contributed by atoms with Gasteiger partial charge in [-0.15, -0.1) is 0 Å². The number of pyridine rings is 1. The molecule has 2 rings (SSSR count). The van der Waals surface area contributed by atoms with Gasteiger partial charge in [0.1, 0.15) is 10.6 Å². The zero-order valence-corrected chi connectivity index (χ0v) is 13.2. The molecule has 122 valence electrons. The van der Waals surface area contributed by atoms with Gasteiger partial charge in [-0.05, 0) is 37.4 Å². The van der Waals surface area contributed by atoms with Gasteiger partial charge in [-0.3, -0.25) is 4.79 Å². The van der Waals surface area contributed by atoms with Crippen LogP contribution in [-0.2, 0) is 10.0 Å². The zero-order chi connectivity index (χ0) is 17.0. The largest absolute Gasteiger partial charge is 0.504 e. The predicted octanol–water partition coefficient (Wildman–Crippen LogP) is 0.956. The molecule has 0 aliphatic carbocycles. The number of carbonyl (C=O) groups excluding carboxylic acids is 1. The first kappa shape index (κ1) is 16.7. The van der Waals surface area contributed by atoms with Gasteiger partial charge < -0.3 is 15.2 Å². The first-order chi connectivity index (χ1) is 10.9. The number of benzene rings is 1. The molecule has 0 spiro atoms. The van der Waals surface area contributed by atoms with Gasteiger partial charge in [0.15, 0.2) is 11.6 Å². The van der Waals surface area contributed by atoms with Gasteiger partial charge in [-0.25, -0.2) is 18.1 Å². The van der Waals surface area contributed by atoms with E-state index in [1.165, 1.54) is 50.7 Å². The molecule has 0 atom stereocenters. The SMILES string of the molecule is CNS(=O)(=O)c1cc(C(=O)Nc2ncccc2O)ccc1OC. The second kappa shape index (κ2) is 6.63. The van der Waals surface area contributed by atoms with Crippen molar-refractivity contribution in [1.29, 1.82) is 0 Å². The summed E-state index contributed by atoms with van der Waals surface area (Å²) in [7, 11) is -1.21. The Bertz CT molecular complexity index is 836. The standard InChI is InChI=1S/C14H15N3O5S/c1-15-23(20,21)12-8-9(5-6-11(12)22-2)14(19)17-13-10(18)4-3-7-16-13/h3-8,15,18H,1-2H3,(H,16,17,19). The number of aromatic hydroxyl groups is 1. The summed E-state index contributed by atoms with van der Waals surface area (Å²) < 4.78 is 31.2. The van der Waals surface area contributed by atoms with E-state index in [1.807, 2.05) is 0 Å².